The monoisotopic (exact) mass is 408 g/mol. The number of hydrogen-bond donors (Lipinski definition) is 2. The number of thiocarbonyl (C=S) groups is 1. The normalized spacial score (nSPS) is 16.3. The fraction of sp³-hybridized carbons (Fsp3) is 0.500. The summed E-state index contributed by atoms with van der Waals surface area (Å²) < 4.78 is 21.5. The van der Waals surface area contributed by atoms with Gasteiger partial charge in [0, 0.05) is 12.8 Å². The molecule has 0 aliphatic carbocycles. The molecule has 0 bridgehead atoms. The van der Waals surface area contributed by atoms with Gasteiger partial charge in [0.2, 0.25) is 0 Å². The van der Waals surface area contributed by atoms with Crippen LogP contribution in [0, 0.1) is 0 Å². The molecule has 154 valence electrons. The molecular weight excluding hydrogens is 380 g/mol. The van der Waals surface area contributed by atoms with Crippen molar-refractivity contribution in [2.75, 3.05) is 34.0 Å². The first-order valence-electron chi connectivity index (χ1n) is 9.26. The Bertz CT molecular complexity index is 735. The van der Waals surface area contributed by atoms with E-state index >= 15 is 0 Å². The van der Waals surface area contributed by atoms with Gasteiger partial charge in [-0.25, -0.2) is 4.79 Å². The summed E-state index contributed by atoms with van der Waals surface area (Å²) >= 11 is 5.28. The summed E-state index contributed by atoms with van der Waals surface area (Å²) in [4.78, 5) is 12.7. The minimum absolute atomic E-state index is 0.177. The van der Waals surface area contributed by atoms with Gasteiger partial charge in [0.25, 0.3) is 0 Å². The molecule has 2 rings (SSSR count). The van der Waals surface area contributed by atoms with Crippen LogP contribution in [0.25, 0.3) is 0 Å². The molecule has 0 saturated heterocycles. The number of rotatable bonds is 10. The first kappa shape index (κ1) is 22.0. The van der Waals surface area contributed by atoms with Crippen molar-refractivity contribution < 1.29 is 23.7 Å². The van der Waals surface area contributed by atoms with Crippen molar-refractivity contribution in [1.29, 1.82) is 0 Å². The van der Waals surface area contributed by atoms with Crippen LogP contribution in [0.2, 0.25) is 0 Å². The molecule has 28 heavy (non-hydrogen) atoms. The molecule has 0 radical (unpaired) electrons. The molecule has 1 aliphatic heterocycles. The summed E-state index contributed by atoms with van der Waals surface area (Å²) in [5.74, 6) is 0.843. The smallest absolute Gasteiger partial charge is 0.338 e. The Balaban J connectivity index is 2.30. The summed E-state index contributed by atoms with van der Waals surface area (Å²) in [6, 6.07) is 5.13. The van der Waals surface area contributed by atoms with Gasteiger partial charge in [-0.15, -0.1) is 0 Å². The van der Waals surface area contributed by atoms with Crippen molar-refractivity contribution in [3.63, 3.8) is 0 Å². The summed E-state index contributed by atoms with van der Waals surface area (Å²) in [6.07, 6.45) is 2.02. The van der Waals surface area contributed by atoms with E-state index in [0.717, 1.165) is 18.4 Å². The van der Waals surface area contributed by atoms with Crippen LogP contribution in [-0.2, 0) is 14.3 Å². The van der Waals surface area contributed by atoms with Gasteiger partial charge in [0.1, 0.15) is 6.61 Å². The van der Waals surface area contributed by atoms with Gasteiger partial charge in [0.05, 0.1) is 31.9 Å². The summed E-state index contributed by atoms with van der Waals surface area (Å²) in [5.41, 5.74) is 1.94. The molecule has 8 heteroatoms. The van der Waals surface area contributed by atoms with E-state index in [0.29, 0.717) is 41.1 Å². The fourth-order valence-corrected chi connectivity index (χ4v) is 3.09. The highest BCUT2D eigenvalue weighted by Crippen LogP contribution is 2.34. The molecule has 1 aromatic carbocycles. The maximum Gasteiger partial charge on any atom is 0.338 e. The van der Waals surface area contributed by atoms with Crippen LogP contribution < -0.4 is 20.1 Å². The predicted octanol–water partition coefficient (Wildman–Crippen LogP) is 2.86. The third-order valence-electron chi connectivity index (χ3n) is 4.29. The van der Waals surface area contributed by atoms with E-state index in [1.54, 1.807) is 21.1 Å². The minimum Gasteiger partial charge on any atom is -0.493 e. The molecule has 1 aromatic rings. The Hall–Kier alpha value is -2.32. The largest absolute Gasteiger partial charge is 0.493 e. The van der Waals surface area contributed by atoms with Crippen LogP contribution in [0.3, 0.4) is 0 Å². The van der Waals surface area contributed by atoms with Crippen molar-refractivity contribution in [3.05, 3.63) is 35.0 Å². The molecule has 0 aromatic heterocycles. The number of methoxy groups -OCH3 is 2. The predicted molar refractivity (Wildman–Crippen MR) is 111 cm³/mol. The van der Waals surface area contributed by atoms with Crippen LogP contribution in [0.4, 0.5) is 0 Å². The molecule has 7 nitrogen and oxygen atoms in total. The zero-order valence-corrected chi connectivity index (χ0v) is 17.6. The van der Waals surface area contributed by atoms with Gasteiger partial charge in [-0.3, -0.25) is 0 Å². The number of ether oxygens (including phenoxy) is 4. The fourth-order valence-electron chi connectivity index (χ4n) is 2.82. The SMILES string of the molecule is CCCCOc1ccc([C@H]2NC(=S)NC(C)=C2C(=O)OCCOC)cc1OC. The number of hydrogen-bond acceptors (Lipinski definition) is 6. The third kappa shape index (κ3) is 5.59. The Morgan fingerprint density at radius 3 is 2.64 bits per heavy atom. The van der Waals surface area contributed by atoms with Crippen molar-refractivity contribution in [2.45, 2.75) is 32.7 Å². The molecule has 0 spiro atoms. The van der Waals surface area contributed by atoms with Crippen LogP contribution in [0.15, 0.2) is 29.5 Å². The lowest BCUT2D eigenvalue weighted by Gasteiger charge is -2.30. The topological polar surface area (TPSA) is 78.1 Å². The van der Waals surface area contributed by atoms with Crippen LogP contribution >= 0.6 is 12.2 Å². The van der Waals surface area contributed by atoms with Gasteiger partial charge in [0.15, 0.2) is 16.6 Å². The van der Waals surface area contributed by atoms with E-state index in [1.807, 2.05) is 18.2 Å². The minimum atomic E-state index is -0.456. The standard InChI is InChI=1S/C20H28N2O5S/c1-5-6-9-26-15-8-7-14(12-16(15)25-4)18-17(13(2)21-20(28)22-18)19(23)27-11-10-24-3/h7-8,12,18H,5-6,9-11H2,1-4H3,(H2,21,22,28)/t18-/m1/s1. The van der Waals surface area contributed by atoms with E-state index in [2.05, 4.69) is 17.6 Å². The maximum absolute atomic E-state index is 12.7. The second-order valence-electron chi connectivity index (χ2n) is 6.31. The number of esters is 1. The van der Waals surface area contributed by atoms with E-state index in [1.165, 1.54) is 0 Å². The zero-order chi connectivity index (χ0) is 20.5. The Morgan fingerprint density at radius 2 is 1.96 bits per heavy atom. The molecule has 1 heterocycles. The average molecular weight is 409 g/mol. The van der Waals surface area contributed by atoms with Gasteiger partial charge >= 0.3 is 5.97 Å². The second-order valence-corrected chi connectivity index (χ2v) is 6.72. The number of carbonyl (C=O) groups excluding carboxylic acids is 1. The molecule has 0 unspecified atom stereocenters. The maximum atomic E-state index is 12.7. The number of nitrogens with one attached hydrogen (secondary N) is 2. The molecule has 0 fully saturated rings. The van der Waals surface area contributed by atoms with Gasteiger partial charge < -0.3 is 29.6 Å². The summed E-state index contributed by atoms with van der Waals surface area (Å²) in [6.45, 7) is 5.04. The Labute approximate surface area is 171 Å². The number of unbranched alkanes of at least 4 members (excludes halogenated alkanes) is 1. The van der Waals surface area contributed by atoms with E-state index in [9.17, 15) is 4.79 Å². The van der Waals surface area contributed by atoms with Crippen LogP contribution in [0.5, 0.6) is 11.5 Å². The highest BCUT2D eigenvalue weighted by atomic mass is 32.1. The third-order valence-corrected chi connectivity index (χ3v) is 4.51. The summed E-state index contributed by atoms with van der Waals surface area (Å²) in [7, 11) is 3.15. The number of allylic oxidation sites excluding steroid dienone is 1. The average Bonchev–Trinajstić information content (AvgIpc) is 2.67. The van der Waals surface area contributed by atoms with Gasteiger partial charge in [-0.1, -0.05) is 19.4 Å². The van der Waals surface area contributed by atoms with Gasteiger partial charge in [-0.05, 0) is 43.3 Å². The summed E-state index contributed by atoms with van der Waals surface area (Å²) in [5, 5.41) is 6.57. The molecule has 0 amide bonds. The van der Waals surface area contributed by atoms with E-state index in [-0.39, 0.29) is 6.61 Å². The van der Waals surface area contributed by atoms with Crippen molar-refractivity contribution >= 4 is 23.3 Å². The van der Waals surface area contributed by atoms with Crippen molar-refractivity contribution in [1.82, 2.24) is 10.6 Å². The van der Waals surface area contributed by atoms with Crippen molar-refractivity contribution in [3.8, 4) is 11.5 Å². The first-order chi connectivity index (χ1) is 13.5. The van der Waals surface area contributed by atoms with E-state index < -0.39 is 12.0 Å². The quantitative estimate of drug-likeness (QED) is 0.348. The van der Waals surface area contributed by atoms with E-state index in [4.69, 9.17) is 31.2 Å². The van der Waals surface area contributed by atoms with Crippen LogP contribution in [-0.4, -0.2) is 45.1 Å². The number of carbonyl (C=O) groups is 1. The number of benzene rings is 1. The molecule has 0 saturated carbocycles. The second kappa shape index (κ2) is 10.9. The highest BCUT2D eigenvalue weighted by Gasteiger charge is 2.31. The van der Waals surface area contributed by atoms with Crippen LogP contribution in [0.1, 0.15) is 38.3 Å². The lowest BCUT2D eigenvalue weighted by Crippen LogP contribution is -2.45. The Kier molecular flexibility index (Phi) is 8.53. The molecule has 2 N–H and O–H groups in total. The highest BCUT2D eigenvalue weighted by molar-refractivity contribution is 7.80. The van der Waals surface area contributed by atoms with Gasteiger partial charge in [-0.2, -0.15) is 0 Å². The Morgan fingerprint density at radius 1 is 1.18 bits per heavy atom. The first-order valence-corrected chi connectivity index (χ1v) is 9.67. The zero-order valence-electron chi connectivity index (χ0n) is 16.8. The van der Waals surface area contributed by atoms with Crippen molar-refractivity contribution in [2.24, 2.45) is 0 Å². The lowest BCUT2D eigenvalue weighted by molar-refractivity contribution is -0.140. The molecule has 1 atom stereocenters. The lowest BCUT2D eigenvalue weighted by atomic mass is 9.95. The molecular formula is C20H28N2O5S. The molecule has 1 aliphatic rings.